The fraction of sp³-hybridized carbons (Fsp3) is 0.0714. The van der Waals surface area contributed by atoms with E-state index in [0.29, 0.717) is 17.1 Å². The van der Waals surface area contributed by atoms with Crippen molar-refractivity contribution in [2.75, 3.05) is 17.2 Å². The highest BCUT2D eigenvalue weighted by molar-refractivity contribution is 6.04. The number of nitrogens with one attached hydrogen (secondary N) is 3. The Kier molecular flexibility index (Phi) is 3.15. The molecule has 0 saturated carbocycles. The van der Waals surface area contributed by atoms with Crippen LogP contribution in [0.3, 0.4) is 0 Å². The second-order valence-corrected chi connectivity index (χ2v) is 4.41. The van der Waals surface area contributed by atoms with E-state index in [1.807, 2.05) is 0 Å². The predicted octanol–water partition coefficient (Wildman–Crippen LogP) is 0.958. The Bertz CT molecular complexity index is 782. The maximum Gasteiger partial charge on any atom is 0.262 e. The first-order valence-electron chi connectivity index (χ1n) is 6.19. The molecule has 2 aromatic rings. The molecule has 0 aliphatic carbocycles. The summed E-state index contributed by atoms with van der Waals surface area (Å²) in [6, 6.07) is 7.83. The fourth-order valence-corrected chi connectivity index (χ4v) is 1.95. The van der Waals surface area contributed by atoms with E-state index in [1.54, 1.807) is 24.3 Å². The summed E-state index contributed by atoms with van der Waals surface area (Å²) in [5.74, 6) is -0.277. The van der Waals surface area contributed by atoms with Gasteiger partial charge < -0.3 is 20.4 Å². The smallest absolute Gasteiger partial charge is 0.262 e. The highest BCUT2D eigenvalue weighted by atomic mass is 16.5. The van der Waals surface area contributed by atoms with Crippen LogP contribution in [-0.2, 0) is 4.79 Å². The van der Waals surface area contributed by atoms with E-state index in [-0.39, 0.29) is 18.1 Å². The number of rotatable bonds is 2. The third-order valence-corrected chi connectivity index (χ3v) is 2.94. The molecule has 1 aliphatic heterocycles. The Morgan fingerprint density at radius 1 is 1.24 bits per heavy atom. The van der Waals surface area contributed by atoms with Crippen molar-refractivity contribution in [1.82, 2.24) is 4.98 Å². The van der Waals surface area contributed by atoms with Crippen LogP contribution in [0.5, 0.6) is 5.75 Å². The van der Waals surface area contributed by atoms with Gasteiger partial charge in [0, 0.05) is 18.0 Å². The van der Waals surface area contributed by atoms with Gasteiger partial charge in [0.25, 0.3) is 17.4 Å². The largest absolute Gasteiger partial charge is 0.482 e. The van der Waals surface area contributed by atoms with Crippen molar-refractivity contribution in [2.24, 2.45) is 0 Å². The first kappa shape index (κ1) is 12.9. The fourth-order valence-electron chi connectivity index (χ4n) is 1.95. The minimum Gasteiger partial charge on any atom is -0.482 e. The molecule has 0 fully saturated rings. The summed E-state index contributed by atoms with van der Waals surface area (Å²) in [5, 5.41) is 5.26. The number of hydrogen-bond donors (Lipinski definition) is 3. The third kappa shape index (κ3) is 2.62. The number of hydrogen-bond acceptors (Lipinski definition) is 4. The van der Waals surface area contributed by atoms with Crippen LogP contribution >= 0.6 is 0 Å². The van der Waals surface area contributed by atoms with Gasteiger partial charge >= 0.3 is 0 Å². The zero-order valence-electron chi connectivity index (χ0n) is 10.8. The van der Waals surface area contributed by atoms with Crippen molar-refractivity contribution in [3.63, 3.8) is 0 Å². The molecule has 3 rings (SSSR count). The lowest BCUT2D eigenvalue weighted by Gasteiger charge is -2.18. The summed E-state index contributed by atoms with van der Waals surface area (Å²) in [4.78, 5) is 37.1. The minimum atomic E-state index is -0.517. The molecule has 1 aromatic carbocycles. The van der Waals surface area contributed by atoms with Gasteiger partial charge in [0.15, 0.2) is 6.61 Å². The second kappa shape index (κ2) is 5.12. The van der Waals surface area contributed by atoms with Crippen molar-refractivity contribution >= 4 is 23.2 Å². The van der Waals surface area contributed by atoms with Crippen LogP contribution in [0.25, 0.3) is 0 Å². The number of ether oxygens (including phenoxy) is 1. The van der Waals surface area contributed by atoms with E-state index in [4.69, 9.17) is 4.74 Å². The molecule has 0 saturated heterocycles. The number of anilines is 2. The molecule has 2 amide bonds. The number of carbonyl (C=O) groups is 2. The first-order chi connectivity index (χ1) is 10.1. The van der Waals surface area contributed by atoms with Crippen molar-refractivity contribution in [2.45, 2.75) is 0 Å². The Labute approximate surface area is 118 Å². The normalized spacial score (nSPS) is 12.9. The molecule has 0 spiro atoms. The Hall–Kier alpha value is -3.09. The van der Waals surface area contributed by atoms with Crippen molar-refractivity contribution in [1.29, 1.82) is 0 Å². The first-order valence-corrected chi connectivity index (χ1v) is 6.19. The summed E-state index contributed by atoms with van der Waals surface area (Å²) < 4.78 is 5.26. The van der Waals surface area contributed by atoms with Gasteiger partial charge in [-0.1, -0.05) is 0 Å². The van der Waals surface area contributed by atoms with E-state index < -0.39 is 11.5 Å². The van der Waals surface area contributed by atoms with E-state index >= 15 is 0 Å². The second-order valence-electron chi connectivity index (χ2n) is 4.41. The monoisotopic (exact) mass is 285 g/mol. The number of benzene rings is 1. The van der Waals surface area contributed by atoms with Crippen LogP contribution in [0, 0.1) is 0 Å². The van der Waals surface area contributed by atoms with Crippen LogP contribution in [0.1, 0.15) is 10.4 Å². The van der Waals surface area contributed by atoms with Crippen molar-refractivity contribution in [3.05, 3.63) is 52.4 Å². The molecule has 2 heterocycles. The summed E-state index contributed by atoms with van der Waals surface area (Å²) in [7, 11) is 0. The molecule has 7 heteroatoms. The predicted molar refractivity (Wildman–Crippen MR) is 75.6 cm³/mol. The average molecular weight is 285 g/mol. The van der Waals surface area contributed by atoms with Gasteiger partial charge in [-0.15, -0.1) is 0 Å². The summed E-state index contributed by atoms with van der Waals surface area (Å²) >= 11 is 0. The lowest BCUT2D eigenvalue weighted by atomic mass is 10.2. The standard InChI is InChI=1S/C14H11N3O4/c18-12-7-21-11-6-8(3-4-10(11)17-12)16-14(20)9-2-1-5-15-13(9)19/h1-6H,7H2,(H,15,19)(H,16,20)(H,17,18). The summed E-state index contributed by atoms with van der Waals surface area (Å²) in [5.41, 5.74) is 0.570. The SMILES string of the molecule is O=C1COc2cc(NC(=O)c3ccc[nH]c3=O)ccc2N1. The van der Waals surface area contributed by atoms with Crippen LogP contribution in [0.2, 0.25) is 0 Å². The van der Waals surface area contributed by atoms with Gasteiger partial charge in [0.2, 0.25) is 0 Å². The quantitative estimate of drug-likeness (QED) is 0.765. The topological polar surface area (TPSA) is 100 Å². The molecule has 1 aromatic heterocycles. The van der Waals surface area contributed by atoms with Crippen LogP contribution in [-0.4, -0.2) is 23.4 Å². The third-order valence-electron chi connectivity index (χ3n) is 2.94. The molecular weight excluding hydrogens is 274 g/mol. The van der Waals surface area contributed by atoms with Gasteiger partial charge in [-0.2, -0.15) is 0 Å². The molecule has 0 unspecified atom stereocenters. The molecule has 0 atom stereocenters. The van der Waals surface area contributed by atoms with E-state index in [2.05, 4.69) is 15.6 Å². The number of pyridine rings is 1. The van der Waals surface area contributed by atoms with Crippen molar-refractivity contribution in [3.8, 4) is 5.75 Å². The Morgan fingerprint density at radius 3 is 2.90 bits per heavy atom. The van der Waals surface area contributed by atoms with Gasteiger partial charge in [0.1, 0.15) is 11.3 Å². The number of aromatic nitrogens is 1. The van der Waals surface area contributed by atoms with Gasteiger partial charge in [-0.3, -0.25) is 14.4 Å². The van der Waals surface area contributed by atoms with Gasteiger partial charge in [-0.25, -0.2) is 0 Å². The molecule has 0 bridgehead atoms. The van der Waals surface area contributed by atoms with Crippen LogP contribution in [0.15, 0.2) is 41.3 Å². The van der Waals surface area contributed by atoms with Crippen LogP contribution in [0.4, 0.5) is 11.4 Å². The minimum absolute atomic E-state index is 0.0180. The molecule has 7 nitrogen and oxygen atoms in total. The number of fused-ring (bicyclic) bond motifs is 1. The highest BCUT2D eigenvalue weighted by Gasteiger charge is 2.17. The average Bonchev–Trinajstić information content (AvgIpc) is 2.48. The van der Waals surface area contributed by atoms with Gasteiger partial charge in [0.05, 0.1) is 5.69 Å². The Morgan fingerprint density at radius 2 is 2.10 bits per heavy atom. The van der Waals surface area contributed by atoms with Crippen molar-refractivity contribution < 1.29 is 14.3 Å². The number of aromatic amines is 1. The maximum absolute atomic E-state index is 12.0. The summed E-state index contributed by atoms with van der Waals surface area (Å²) in [6.07, 6.45) is 1.45. The molecule has 3 N–H and O–H groups in total. The lowest BCUT2D eigenvalue weighted by molar-refractivity contribution is -0.118. The maximum atomic E-state index is 12.0. The zero-order chi connectivity index (χ0) is 14.8. The lowest BCUT2D eigenvalue weighted by Crippen LogP contribution is -2.26. The van der Waals surface area contributed by atoms with E-state index in [9.17, 15) is 14.4 Å². The Balaban J connectivity index is 1.83. The number of H-pyrrole nitrogens is 1. The van der Waals surface area contributed by atoms with E-state index in [1.165, 1.54) is 12.3 Å². The van der Waals surface area contributed by atoms with E-state index in [0.717, 1.165) is 0 Å². The molecular formula is C14H11N3O4. The molecule has 1 aliphatic rings. The zero-order valence-corrected chi connectivity index (χ0v) is 10.8. The molecule has 106 valence electrons. The molecule has 21 heavy (non-hydrogen) atoms. The number of carbonyl (C=O) groups excluding carboxylic acids is 2. The van der Waals surface area contributed by atoms with Gasteiger partial charge in [-0.05, 0) is 24.3 Å². The summed E-state index contributed by atoms with van der Waals surface area (Å²) in [6.45, 7) is -0.0667. The number of amides is 2. The highest BCUT2D eigenvalue weighted by Crippen LogP contribution is 2.30. The molecule has 0 radical (unpaired) electrons. The van der Waals surface area contributed by atoms with Crippen LogP contribution < -0.4 is 20.9 Å².